The third-order valence-corrected chi connectivity index (χ3v) is 6.16. The highest BCUT2D eigenvalue weighted by Gasteiger charge is 2.25. The molecule has 0 aliphatic carbocycles. The lowest BCUT2D eigenvalue weighted by atomic mass is 9.90. The molecule has 1 amide bonds. The minimum absolute atomic E-state index is 0.100. The number of carbonyl (C=O) groups is 1. The smallest absolute Gasteiger partial charge is 0.263 e. The van der Waals surface area contributed by atoms with Crippen molar-refractivity contribution in [1.82, 2.24) is 9.88 Å². The summed E-state index contributed by atoms with van der Waals surface area (Å²) in [7, 11) is 3.34. The SMILES string of the molecule is COc1cc(CCC2CCN(C(=O)Cc3nc(-c4ccco4)oc3C)CC2)cc(OC)c1. The van der Waals surface area contributed by atoms with Crippen molar-refractivity contribution < 1.29 is 23.1 Å². The quantitative estimate of drug-likeness (QED) is 0.508. The number of aryl methyl sites for hydroxylation is 2. The summed E-state index contributed by atoms with van der Waals surface area (Å²) in [5.41, 5.74) is 1.89. The van der Waals surface area contributed by atoms with E-state index >= 15 is 0 Å². The number of furan rings is 1. The molecule has 7 nitrogen and oxygen atoms in total. The standard InChI is InChI=1S/C25H30N2O5/c1-17-22(26-25(32-17)23-5-4-12-31-23)16-24(28)27-10-8-18(9-11-27)6-7-19-13-20(29-2)15-21(14-19)30-3/h4-5,12-15,18H,6-11,16H2,1-3H3. The third kappa shape index (κ3) is 5.15. The minimum atomic E-state index is 0.100. The Morgan fingerprint density at radius 3 is 2.50 bits per heavy atom. The van der Waals surface area contributed by atoms with Crippen molar-refractivity contribution in [3.8, 4) is 23.1 Å². The Balaban J connectivity index is 1.27. The molecule has 4 rings (SSSR count). The van der Waals surface area contributed by atoms with Crippen molar-refractivity contribution in [2.75, 3.05) is 27.3 Å². The van der Waals surface area contributed by atoms with E-state index in [1.807, 2.05) is 17.9 Å². The summed E-state index contributed by atoms with van der Waals surface area (Å²) >= 11 is 0. The second-order valence-corrected chi connectivity index (χ2v) is 8.26. The monoisotopic (exact) mass is 438 g/mol. The number of carbonyl (C=O) groups excluding carboxylic acids is 1. The van der Waals surface area contributed by atoms with E-state index in [1.54, 1.807) is 32.6 Å². The molecular weight excluding hydrogens is 408 g/mol. The number of oxazole rings is 1. The van der Waals surface area contributed by atoms with Crippen molar-refractivity contribution in [3.63, 3.8) is 0 Å². The maximum Gasteiger partial charge on any atom is 0.263 e. The molecule has 0 saturated carbocycles. The first-order valence-corrected chi connectivity index (χ1v) is 11.1. The van der Waals surface area contributed by atoms with E-state index in [4.69, 9.17) is 18.3 Å². The zero-order valence-electron chi connectivity index (χ0n) is 18.9. The molecule has 3 heterocycles. The van der Waals surface area contributed by atoms with Gasteiger partial charge in [-0.15, -0.1) is 0 Å². The van der Waals surface area contributed by atoms with Gasteiger partial charge in [0.1, 0.15) is 17.3 Å². The lowest BCUT2D eigenvalue weighted by Crippen LogP contribution is -2.39. The summed E-state index contributed by atoms with van der Waals surface area (Å²) in [5, 5.41) is 0. The lowest BCUT2D eigenvalue weighted by molar-refractivity contribution is -0.131. The van der Waals surface area contributed by atoms with Crippen LogP contribution in [0.1, 0.15) is 36.3 Å². The molecular formula is C25H30N2O5. The van der Waals surface area contributed by atoms with E-state index < -0.39 is 0 Å². The fraction of sp³-hybridized carbons (Fsp3) is 0.440. The Morgan fingerprint density at radius 1 is 1.16 bits per heavy atom. The van der Waals surface area contributed by atoms with Gasteiger partial charge >= 0.3 is 0 Å². The Kier molecular flexibility index (Phi) is 6.83. The number of benzene rings is 1. The third-order valence-electron chi connectivity index (χ3n) is 6.16. The molecule has 170 valence electrons. The predicted octanol–water partition coefficient (Wildman–Crippen LogP) is 4.67. The van der Waals surface area contributed by atoms with Crippen LogP contribution in [0.5, 0.6) is 11.5 Å². The van der Waals surface area contributed by atoms with Gasteiger partial charge in [0.15, 0.2) is 5.76 Å². The number of amides is 1. The van der Waals surface area contributed by atoms with Gasteiger partial charge in [-0.1, -0.05) is 0 Å². The molecule has 0 unspecified atom stereocenters. The molecule has 0 spiro atoms. The lowest BCUT2D eigenvalue weighted by Gasteiger charge is -2.32. The van der Waals surface area contributed by atoms with E-state index in [0.29, 0.717) is 29.0 Å². The Morgan fingerprint density at radius 2 is 1.88 bits per heavy atom. The van der Waals surface area contributed by atoms with Crippen LogP contribution in [0.2, 0.25) is 0 Å². The Hall–Kier alpha value is -3.22. The Bertz CT molecular complexity index is 1010. The van der Waals surface area contributed by atoms with Crippen LogP contribution in [0.25, 0.3) is 11.7 Å². The highest BCUT2D eigenvalue weighted by atomic mass is 16.5. The second kappa shape index (κ2) is 9.94. The van der Waals surface area contributed by atoms with Crippen molar-refractivity contribution in [3.05, 3.63) is 53.6 Å². The van der Waals surface area contributed by atoms with Gasteiger partial charge in [-0.3, -0.25) is 4.79 Å². The molecule has 0 bridgehead atoms. The van der Waals surface area contributed by atoms with Gasteiger partial charge in [-0.2, -0.15) is 0 Å². The number of likely N-dealkylation sites (tertiary alicyclic amines) is 1. The van der Waals surface area contributed by atoms with E-state index in [2.05, 4.69) is 17.1 Å². The van der Waals surface area contributed by atoms with Gasteiger partial charge in [0.25, 0.3) is 5.89 Å². The molecule has 0 N–H and O–H groups in total. The van der Waals surface area contributed by atoms with Crippen LogP contribution in [0.4, 0.5) is 0 Å². The van der Waals surface area contributed by atoms with E-state index in [9.17, 15) is 4.79 Å². The number of hydrogen-bond acceptors (Lipinski definition) is 6. The number of methoxy groups -OCH3 is 2. The summed E-state index contributed by atoms with van der Waals surface area (Å²) in [6.45, 7) is 3.40. The number of nitrogens with zero attached hydrogens (tertiary/aromatic N) is 2. The number of aromatic nitrogens is 1. The number of piperidine rings is 1. The maximum atomic E-state index is 12.8. The normalized spacial score (nSPS) is 14.5. The molecule has 1 fully saturated rings. The first kappa shape index (κ1) is 22.0. The minimum Gasteiger partial charge on any atom is -0.497 e. The van der Waals surface area contributed by atoms with Crippen LogP contribution in [-0.2, 0) is 17.6 Å². The van der Waals surface area contributed by atoms with Crippen molar-refractivity contribution in [2.24, 2.45) is 5.92 Å². The van der Waals surface area contributed by atoms with Gasteiger partial charge in [-0.25, -0.2) is 4.98 Å². The topological polar surface area (TPSA) is 77.9 Å². The molecule has 3 aromatic rings. The number of rotatable bonds is 8. The van der Waals surface area contributed by atoms with Crippen molar-refractivity contribution in [2.45, 2.75) is 39.0 Å². The van der Waals surface area contributed by atoms with Crippen LogP contribution < -0.4 is 9.47 Å². The molecule has 7 heteroatoms. The average molecular weight is 439 g/mol. The van der Waals surface area contributed by atoms with Gasteiger partial charge < -0.3 is 23.2 Å². The number of hydrogen-bond donors (Lipinski definition) is 0. The van der Waals surface area contributed by atoms with Gasteiger partial charge in [0.2, 0.25) is 5.91 Å². The summed E-state index contributed by atoms with van der Waals surface area (Å²) in [5.74, 6) is 3.99. The van der Waals surface area contributed by atoms with Crippen molar-refractivity contribution >= 4 is 5.91 Å². The van der Waals surface area contributed by atoms with Crippen LogP contribution in [-0.4, -0.2) is 43.1 Å². The second-order valence-electron chi connectivity index (χ2n) is 8.26. The van der Waals surface area contributed by atoms with Gasteiger partial charge in [-0.05, 0) is 68.4 Å². The van der Waals surface area contributed by atoms with Gasteiger partial charge in [0.05, 0.1) is 32.6 Å². The molecule has 0 radical (unpaired) electrons. The molecule has 0 atom stereocenters. The fourth-order valence-electron chi connectivity index (χ4n) is 4.21. The van der Waals surface area contributed by atoms with Crippen LogP contribution >= 0.6 is 0 Å². The largest absolute Gasteiger partial charge is 0.497 e. The number of ether oxygens (including phenoxy) is 2. The van der Waals surface area contributed by atoms with E-state index in [0.717, 1.165) is 50.3 Å². The predicted molar refractivity (Wildman–Crippen MR) is 120 cm³/mol. The van der Waals surface area contributed by atoms with Crippen LogP contribution in [0, 0.1) is 12.8 Å². The van der Waals surface area contributed by atoms with Crippen molar-refractivity contribution in [1.29, 1.82) is 0 Å². The highest BCUT2D eigenvalue weighted by molar-refractivity contribution is 5.78. The fourth-order valence-corrected chi connectivity index (χ4v) is 4.21. The zero-order chi connectivity index (χ0) is 22.5. The van der Waals surface area contributed by atoms with Crippen LogP contribution in [0.3, 0.4) is 0 Å². The first-order valence-electron chi connectivity index (χ1n) is 11.1. The van der Waals surface area contributed by atoms with Gasteiger partial charge in [0, 0.05) is 19.2 Å². The van der Waals surface area contributed by atoms with E-state index in [-0.39, 0.29) is 12.3 Å². The zero-order valence-corrected chi connectivity index (χ0v) is 18.9. The first-order chi connectivity index (χ1) is 15.6. The van der Waals surface area contributed by atoms with E-state index in [1.165, 1.54) is 5.56 Å². The molecule has 1 aromatic carbocycles. The molecule has 32 heavy (non-hydrogen) atoms. The molecule has 1 saturated heterocycles. The summed E-state index contributed by atoms with van der Waals surface area (Å²) in [6, 6.07) is 9.61. The molecule has 2 aromatic heterocycles. The summed E-state index contributed by atoms with van der Waals surface area (Å²) in [6.07, 6.45) is 5.93. The molecule has 1 aliphatic heterocycles. The van der Waals surface area contributed by atoms with Crippen LogP contribution in [0.15, 0.2) is 45.4 Å². The Labute approximate surface area is 188 Å². The molecule has 1 aliphatic rings. The highest BCUT2D eigenvalue weighted by Crippen LogP contribution is 2.28. The average Bonchev–Trinajstić information content (AvgIpc) is 3.48. The maximum absolute atomic E-state index is 12.8. The summed E-state index contributed by atoms with van der Waals surface area (Å²) < 4.78 is 21.8. The summed E-state index contributed by atoms with van der Waals surface area (Å²) in [4.78, 5) is 19.3.